The molecule has 2 aromatic carbocycles. The third kappa shape index (κ3) is 3.49. The molecule has 98 valence electrons. The predicted octanol–water partition coefficient (Wildman–Crippen LogP) is 4.56. The first-order chi connectivity index (χ1) is 9.08. The van der Waals surface area contributed by atoms with Gasteiger partial charge in [-0.1, -0.05) is 48.0 Å². The van der Waals surface area contributed by atoms with Crippen molar-refractivity contribution in [3.05, 3.63) is 70.2 Å². The Hall–Kier alpha value is -1.51. The molecule has 19 heavy (non-hydrogen) atoms. The van der Waals surface area contributed by atoms with Gasteiger partial charge in [-0.15, -0.1) is 11.6 Å². The molecule has 0 aromatic heterocycles. The summed E-state index contributed by atoms with van der Waals surface area (Å²) >= 11 is 12.2. The Morgan fingerprint density at radius 3 is 2.47 bits per heavy atom. The van der Waals surface area contributed by atoms with Gasteiger partial charge in [-0.2, -0.15) is 0 Å². The number of rotatable bonds is 4. The smallest absolute Gasteiger partial charge is 0.337 e. The van der Waals surface area contributed by atoms with Gasteiger partial charge in [0.2, 0.25) is 0 Å². The minimum atomic E-state index is -1.03. The summed E-state index contributed by atoms with van der Waals surface area (Å²) in [6, 6.07) is 14.6. The molecule has 0 aliphatic carbocycles. The molecule has 4 heteroatoms. The van der Waals surface area contributed by atoms with E-state index in [1.54, 1.807) is 18.2 Å². The highest BCUT2D eigenvalue weighted by molar-refractivity contribution is 6.33. The third-order valence-corrected chi connectivity index (χ3v) is 3.57. The van der Waals surface area contributed by atoms with Crippen LogP contribution in [-0.4, -0.2) is 11.1 Å². The van der Waals surface area contributed by atoms with Crippen LogP contribution in [0.3, 0.4) is 0 Å². The van der Waals surface area contributed by atoms with E-state index in [0.29, 0.717) is 6.42 Å². The van der Waals surface area contributed by atoms with Gasteiger partial charge < -0.3 is 5.11 Å². The van der Waals surface area contributed by atoms with Crippen molar-refractivity contribution in [2.75, 3.05) is 0 Å². The number of benzene rings is 2. The van der Waals surface area contributed by atoms with Crippen LogP contribution in [0.5, 0.6) is 0 Å². The van der Waals surface area contributed by atoms with Crippen LogP contribution < -0.4 is 0 Å². The zero-order chi connectivity index (χ0) is 13.8. The van der Waals surface area contributed by atoms with Crippen molar-refractivity contribution < 1.29 is 9.90 Å². The van der Waals surface area contributed by atoms with E-state index in [-0.39, 0.29) is 16.0 Å². The van der Waals surface area contributed by atoms with Gasteiger partial charge >= 0.3 is 5.97 Å². The first-order valence-corrected chi connectivity index (χ1v) is 6.60. The van der Waals surface area contributed by atoms with Crippen LogP contribution in [0.2, 0.25) is 5.02 Å². The molecule has 0 spiro atoms. The maximum absolute atomic E-state index is 11.0. The lowest BCUT2D eigenvalue weighted by Crippen LogP contribution is -2.01. The number of carboxylic acids is 1. The summed E-state index contributed by atoms with van der Waals surface area (Å²) in [6.45, 7) is 0. The van der Waals surface area contributed by atoms with E-state index in [1.807, 2.05) is 30.3 Å². The molecule has 0 saturated heterocycles. The fourth-order valence-corrected chi connectivity index (χ4v) is 2.37. The Labute approximate surface area is 121 Å². The highest BCUT2D eigenvalue weighted by Crippen LogP contribution is 2.26. The Balaban J connectivity index is 2.20. The highest BCUT2D eigenvalue weighted by atomic mass is 35.5. The molecule has 0 amide bonds. The number of carbonyl (C=O) groups is 1. The van der Waals surface area contributed by atoms with Crippen molar-refractivity contribution in [1.29, 1.82) is 0 Å². The first kappa shape index (κ1) is 13.9. The Kier molecular flexibility index (Phi) is 4.46. The number of alkyl halides is 1. The maximum atomic E-state index is 11.0. The largest absolute Gasteiger partial charge is 0.478 e. The molecular formula is C15H12Cl2O2. The average Bonchev–Trinajstić information content (AvgIpc) is 2.41. The number of halogens is 2. The third-order valence-electron chi connectivity index (χ3n) is 2.84. The summed E-state index contributed by atoms with van der Waals surface area (Å²) in [5.74, 6) is -1.03. The van der Waals surface area contributed by atoms with E-state index in [0.717, 1.165) is 11.1 Å². The van der Waals surface area contributed by atoms with Crippen molar-refractivity contribution in [3.63, 3.8) is 0 Å². The second kappa shape index (κ2) is 6.09. The molecule has 1 N–H and O–H groups in total. The lowest BCUT2D eigenvalue weighted by Gasteiger charge is -2.11. The van der Waals surface area contributed by atoms with Crippen molar-refractivity contribution in [1.82, 2.24) is 0 Å². The second-order valence-electron chi connectivity index (χ2n) is 4.20. The van der Waals surface area contributed by atoms with E-state index in [9.17, 15) is 4.79 Å². The van der Waals surface area contributed by atoms with Gasteiger partial charge in [0.25, 0.3) is 0 Å². The zero-order valence-electron chi connectivity index (χ0n) is 10.0. The van der Waals surface area contributed by atoms with E-state index in [1.165, 1.54) is 0 Å². The summed E-state index contributed by atoms with van der Waals surface area (Å²) in [5.41, 5.74) is 1.97. The molecular weight excluding hydrogens is 283 g/mol. The quantitative estimate of drug-likeness (QED) is 0.839. The number of hydrogen-bond donors (Lipinski definition) is 1. The summed E-state index contributed by atoms with van der Waals surface area (Å²) in [4.78, 5) is 11.0. The predicted molar refractivity (Wildman–Crippen MR) is 77.2 cm³/mol. The van der Waals surface area contributed by atoms with Crippen LogP contribution in [0.25, 0.3) is 0 Å². The molecule has 1 atom stereocenters. The van der Waals surface area contributed by atoms with Crippen LogP contribution in [0.4, 0.5) is 0 Å². The lowest BCUT2D eigenvalue weighted by molar-refractivity contribution is 0.0697. The van der Waals surface area contributed by atoms with Gasteiger partial charge in [-0.05, 0) is 29.7 Å². The van der Waals surface area contributed by atoms with E-state index in [2.05, 4.69) is 0 Å². The molecule has 0 fully saturated rings. The number of carboxylic acid groups (broad SMARTS) is 1. The number of hydrogen-bond acceptors (Lipinski definition) is 1. The summed E-state index contributed by atoms with van der Waals surface area (Å²) in [6.07, 6.45) is 0.559. The molecule has 2 rings (SSSR count). The van der Waals surface area contributed by atoms with Crippen molar-refractivity contribution >= 4 is 29.2 Å². The monoisotopic (exact) mass is 294 g/mol. The Bertz CT molecular complexity index is 582. The average molecular weight is 295 g/mol. The summed E-state index contributed by atoms with van der Waals surface area (Å²) in [5, 5.41) is 9.07. The van der Waals surface area contributed by atoms with Gasteiger partial charge in [-0.25, -0.2) is 4.79 Å². The topological polar surface area (TPSA) is 37.3 Å². The van der Waals surface area contributed by atoms with Crippen LogP contribution in [0.15, 0.2) is 48.5 Å². The van der Waals surface area contributed by atoms with Gasteiger partial charge in [0.15, 0.2) is 0 Å². The summed E-state index contributed by atoms with van der Waals surface area (Å²) < 4.78 is 0. The molecule has 0 radical (unpaired) electrons. The van der Waals surface area contributed by atoms with E-state index >= 15 is 0 Å². The minimum Gasteiger partial charge on any atom is -0.478 e. The first-order valence-electron chi connectivity index (χ1n) is 5.78. The van der Waals surface area contributed by atoms with Crippen LogP contribution >= 0.6 is 23.2 Å². The molecule has 2 aromatic rings. The van der Waals surface area contributed by atoms with E-state index < -0.39 is 5.97 Å². The fraction of sp³-hybridized carbons (Fsp3) is 0.133. The minimum absolute atomic E-state index is 0.107. The molecule has 0 saturated carbocycles. The molecule has 0 aliphatic heterocycles. The molecule has 0 bridgehead atoms. The van der Waals surface area contributed by atoms with Gasteiger partial charge in [0, 0.05) is 0 Å². The number of aromatic carboxylic acids is 1. The molecule has 0 aliphatic rings. The van der Waals surface area contributed by atoms with Gasteiger partial charge in [0.05, 0.1) is 16.0 Å². The lowest BCUT2D eigenvalue weighted by atomic mass is 10.0. The normalized spacial score (nSPS) is 12.1. The standard InChI is InChI=1S/C15H12Cl2O2/c16-13-7-6-10(8-12(13)15(18)19)9-14(17)11-4-2-1-3-5-11/h1-8,14H,9H2,(H,18,19). The van der Waals surface area contributed by atoms with Crippen LogP contribution in [-0.2, 0) is 6.42 Å². The second-order valence-corrected chi connectivity index (χ2v) is 5.14. The highest BCUT2D eigenvalue weighted by Gasteiger charge is 2.13. The van der Waals surface area contributed by atoms with E-state index in [4.69, 9.17) is 28.3 Å². The molecule has 1 unspecified atom stereocenters. The Morgan fingerprint density at radius 2 is 1.84 bits per heavy atom. The van der Waals surface area contributed by atoms with Gasteiger partial charge in [0.1, 0.15) is 0 Å². The molecule has 2 nitrogen and oxygen atoms in total. The van der Waals surface area contributed by atoms with Crippen LogP contribution in [0, 0.1) is 0 Å². The van der Waals surface area contributed by atoms with Crippen LogP contribution in [0.1, 0.15) is 26.9 Å². The Morgan fingerprint density at radius 1 is 1.16 bits per heavy atom. The zero-order valence-corrected chi connectivity index (χ0v) is 11.5. The van der Waals surface area contributed by atoms with Crippen molar-refractivity contribution in [2.24, 2.45) is 0 Å². The van der Waals surface area contributed by atoms with Gasteiger partial charge in [-0.3, -0.25) is 0 Å². The maximum Gasteiger partial charge on any atom is 0.337 e. The molecule has 0 heterocycles. The van der Waals surface area contributed by atoms with Crippen molar-refractivity contribution in [3.8, 4) is 0 Å². The fourth-order valence-electron chi connectivity index (χ4n) is 1.85. The van der Waals surface area contributed by atoms with Crippen molar-refractivity contribution in [2.45, 2.75) is 11.8 Å². The summed E-state index contributed by atoms with van der Waals surface area (Å²) in [7, 11) is 0. The SMILES string of the molecule is O=C(O)c1cc(CC(Cl)c2ccccc2)ccc1Cl.